The highest BCUT2D eigenvalue weighted by molar-refractivity contribution is 5.51. The van der Waals surface area contributed by atoms with Crippen molar-refractivity contribution in [1.29, 1.82) is 0 Å². The van der Waals surface area contributed by atoms with Gasteiger partial charge in [0.1, 0.15) is 5.69 Å². The van der Waals surface area contributed by atoms with E-state index in [9.17, 15) is 10.1 Å². The summed E-state index contributed by atoms with van der Waals surface area (Å²) in [6.45, 7) is 0.827. The third kappa shape index (κ3) is 2.54. The van der Waals surface area contributed by atoms with Gasteiger partial charge in [0.05, 0.1) is 10.6 Å². The summed E-state index contributed by atoms with van der Waals surface area (Å²) in [4.78, 5) is 10.5. The second kappa shape index (κ2) is 5.42. The van der Waals surface area contributed by atoms with Crippen LogP contribution in [0.2, 0.25) is 0 Å². The van der Waals surface area contributed by atoms with Crippen molar-refractivity contribution >= 4 is 5.69 Å². The molecule has 94 valence electrons. The zero-order chi connectivity index (χ0) is 13.0. The van der Waals surface area contributed by atoms with Crippen molar-refractivity contribution in [1.82, 2.24) is 15.1 Å². The lowest BCUT2D eigenvalue weighted by atomic mass is 10.3. The van der Waals surface area contributed by atoms with E-state index < -0.39 is 4.92 Å². The van der Waals surface area contributed by atoms with Crippen molar-refractivity contribution in [2.75, 3.05) is 13.6 Å². The molecule has 2 rings (SSSR count). The highest BCUT2D eigenvalue weighted by Gasteiger charge is 2.14. The van der Waals surface area contributed by atoms with Gasteiger partial charge in [-0.25, -0.2) is 4.68 Å². The van der Waals surface area contributed by atoms with Crippen LogP contribution in [0.15, 0.2) is 36.5 Å². The lowest BCUT2D eigenvalue weighted by Crippen LogP contribution is -2.11. The zero-order valence-electron chi connectivity index (χ0n) is 10.0. The van der Waals surface area contributed by atoms with Crippen LogP contribution in [0.25, 0.3) is 5.69 Å². The summed E-state index contributed by atoms with van der Waals surface area (Å²) in [6, 6.07) is 8.44. The van der Waals surface area contributed by atoms with Crippen molar-refractivity contribution in [3.63, 3.8) is 0 Å². The fraction of sp³-hybridized carbons (Fsp3) is 0.250. The van der Waals surface area contributed by atoms with E-state index >= 15 is 0 Å². The van der Waals surface area contributed by atoms with Gasteiger partial charge in [0.15, 0.2) is 0 Å². The van der Waals surface area contributed by atoms with E-state index in [2.05, 4.69) is 10.4 Å². The molecule has 0 aliphatic heterocycles. The fourth-order valence-corrected chi connectivity index (χ4v) is 1.69. The second-order valence-corrected chi connectivity index (χ2v) is 3.85. The van der Waals surface area contributed by atoms with Crippen LogP contribution in [-0.2, 0) is 6.42 Å². The molecule has 1 heterocycles. The first-order chi connectivity index (χ1) is 8.72. The molecule has 0 saturated heterocycles. The van der Waals surface area contributed by atoms with Crippen LogP contribution in [-0.4, -0.2) is 28.3 Å². The number of para-hydroxylation sites is 2. The monoisotopic (exact) mass is 246 g/mol. The third-order valence-corrected chi connectivity index (χ3v) is 2.60. The van der Waals surface area contributed by atoms with Gasteiger partial charge < -0.3 is 5.32 Å². The van der Waals surface area contributed by atoms with Gasteiger partial charge in [0.2, 0.25) is 0 Å². The number of rotatable bonds is 5. The maximum atomic E-state index is 10.9. The molecule has 1 N–H and O–H groups in total. The molecule has 0 unspecified atom stereocenters. The molecule has 0 bridgehead atoms. The van der Waals surface area contributed by atoms with E-state index in [4.69, 9.17) is 0 Å². The molecule has 2 aromatic rings. The van der Waals surface area contributed by atoms with Gasteiger partial charge in [0, 0.05) is 25.2 Å². The molecule has 0 amide bonds. The Morgan fingerprint density at radius 2 is 2.17 bits per heavy atom. The van der Waals surface area contributed by atoms with Crippen LogP contribution in [0, 0.1) is 10.1 Å². The van der Waals surface area contributed by atoms with Crippen LogP contribution in [0.4, 0.5) is 5.69 Å². The van der Waals surface area contributed by atoms with Crippen molar-refractivity contribution in [2.45, 2.75) is 6.42 Å². The van der Waals surface area contributed by atoms with E-state index in [0.717, 1.165) is 18.7 Å². The Morgan fingerprint density at radius 1 is 1.39 bits per heavy atom. The predicted octanol–water partition coefficient (Wildman–Crippen LogP) is 1.54. The largest absolute Gasteiger partial charge is 0.319 e. The summed E-state index contributed by atoms with van der Waals surface area (Å²) in [5.41, 5.74) is 1.45. The summed E-state index contributed by atoms with van der Waals surface area (Å²) in [6.07, 6.45) is 2.54. The number of benzene rings is 1. The van der Waals surface area contributed by atoms with Crippen LogP contribution >= 0.6 is 0 Å². The quantitative estimate of drug-likeness (QED) is 0.641. The summed E-state index contributed by atoms with van der Waals surface area (Å²) < 4.78 is 1.54. The molecule has 1 aromatic heterocycles. The molecule has 1 aromatic carbocycles. The maximum Gasteiger partial charge on any atom is 0.294 e. The van der Waals surface area contributed by atoms with Gasteiger partial charge in [-0.3, -0.25) is 10.1 Å². The normalized spacial score (nSPS) is 10.5. The summed E-state index contributed by atoms with van der Waals surface area (Å²) in [7, 11) is 1.87. The molecule has 0 aliphatic carbocycles. The van der Waals surface area contributed by atoms with Gasteiger partial charge in [-0.2, -0.15) is 5.10 Å². The van der Waals surface area contributed by atoms with Crippen molar-refractivity contribution in [3.05, 3.63) is 52.3 Å². The van der Waals surface area contributed by atoms with E-state index in [1.165, 1.54) is 6.07 Å². The minimum atomic E-state index is -0.399. The number of nitrogens with one attached hydrogen (secondary N) is 1. The molecule has 0 radical (unpaired) electrons. The number of hydrogen-bond donors (Lipinski definition) is 1. The second-order valence-electron chi connectivity index (χ2n) is 3.85. The van der Waals surface area contributed by atoms with E-state index in [-0.39, 0.29) is 5.69 Å². The maximum absolute atomic E-state index is 10.9. The average molecular weight is 246 g/mol. The number of aromatic nitrogens is 2. The molecule has 6 nitrogen and oxygen atoms in total. The Hall–Kier alpha value is -2.21. The molecular weight excluding hydrogens is 232 g/mol. The number of likely N-dealkylation sites (N-methyl/N-ethyl adjacent to an activating group) is 1. The smallest absolute Gasteiger partial charge is 0.294 e. The van der Waals surface area contributed by atoms with Crippen LogP contribution in [0.5, 0.6) is 0 Å². The Morgan fingerprint density at radius 3 is 2.89 bits per heavy atom. The topological polar surface area (TPSA) is 73.0 Å². The van der Waals surface area contributed by atoms with Gasteiger partial charge in [-0.1, -0.05) is 12.1 Å². The summed E-state index contributed by atoms with van der Waals surface area (Å²) >= 11 is 0. The SMILES string of the molecule is CNCCc1ccn(-c2ccccc2[N+](=O)[O-])n1. The van der Waals surface area contributed by atoms with Crippen molar-refractivity contribution < 1.29 is 4.92 Å². The number of hydrogen-bond acceptors (Lipinski definition) is 4. The zero-order valence-corrected chi connectivity index (χ0v) is 10.0. The minimum absolute atomic E-state index is 0.0563. The molecule has 0 aliphatic rings. The van der Waals surface area contributed by atoms with Crippen molar-refractivity contribution in [2.24, 2.45) is 0 Å². The number of nitro benzene ring substituents is 1. The van der Waals surface area contributed by atoms with Crippen LogP contribution < -0.4 is 5.32 Å². The first-order valence-electron chi connectivity index (χ1n) is 5.65. The predicted molar refractivity (Wildman–Crippen MR) is 67.8 cm³/mol. The molecule has 0 atom stereocenters. The average Bonchev–Trinajstić information content (AvgIpc) is 2.85. The highest BCUT2D eigenvalue weighted by Crippen LogP contribution is 2.21. The van der Waals surface area contributed by atoms with Crippen molar-refractivity contribution in [3.8, 4) is 5.69 Å². The Labute approximate surface area is 104 Å². The molecule has 0 spiro atoms. The summed E-state index contributed by atoms with van der Waals surface area (Å²) in [5.74, 6) is 0. The van der Waals surface area contributed by atoms with Gasteiger partial charge >= 0.3 is 0 Å². The van der Waals surface area contributed by atoms with E-state index in [1.807, 2.05) is 13.1 Å². The lowest BCUT2D eigenvalue weighted by molar-refractivity contribution is -0.384. The van der Waals surface area contributed by atoms with E-state index in [0.29, 0.717) is 5.69 Å². The fourth-order valence-electron chi connectivity index (χ4n) is 1.69. The Balaban J connectivity index is 2.31. The first-order valence-corrected chi connectivity index (χ1v) is 5.65. The molecule has 18 heavy (non-hydrogen) atoms. The third-order valence-electron chi connectivity index (χ3n) is 2.60. The Kier molecular flexibility index (Phi) is 3.69. The number of nitrogens with zero attached hydrogens (tertiary/aromatic N) is 3. The summed E-state index contributed by atoms with van der Waals surface area (Å²) in [5, 5.41) is 18.3. The minimum Gasteiger partial charge on any atom is -0.319 e. The number of nitro groups is 1. The van der Waals surface area contributed by atoms with Gasteiger partial charge in [-0.05, 0) is 19.2 Å². The standard InChI is InChI=1S/C12H14N4O2/c1-13-8-6-10-7-9-15(14-10)11-4-2-3-5-12(11)16(17)18/h2-5,7,9,13H,6,8H2,1H3. The van der Waals surface area contributed by atoms with Gasteiger partial charge in [0.25, 0.3) is 5.69 Å². The molecule has 6 heteroatoms. The molecular formula is C12H14N4O2. The van der Waals surface area contributed by atoms with E-state index in [1.54, 1.807) is 29.1 Å². The molecule has 0 saturated carbocycles. The lowest BCUT2D eigenvalue weighted by Gasteiger charge is -2.02. The van der Waals surface area contributed by atoms with Gasteiger partial charge in [-0.15, -0.1) is 0 Å². The van der Waals surface area contributed by atoms with Crippen LogP contribution in [0.1, 0.15) is 5.69 Å². The molecule has 0 fully saturated rings. The van der Waals surface area contributed by atoms with Crippen LogP contribution in [0.3, 0.4) is 0 Å². The first kappa shape index (κ1) is 12.3. The Bertz CT molecular complexity index is 551. The highest BCUT2D eigenvalue weighted by atomic mass is 16.6.